The van der Waals surface area contributed by atoms with Crippen LogP contribution in [-0.4, -0.2) is 28.7 Å². The van der Waals surface area contributed by atoms with E-state index in [1.807, 2.05) is 6.07 Å². The lowest BCUT2D eigenvalue weighted by atomic mass is 9.80. The zero-order valence-corrected chi connectivity index (χ0v) is 15.4. The topological polar surface area (TPSA) is 83.7 Å². The second-order valence-corrected chi connectivity index (χ2v) is 7.32. The van der Waals surface area contributed by atoms with Crippen molar-refractivity contribution in [3.8, 4) is 0 Å². The van der Waals surface area contributed by atoms with Crippen molar-refractivity contribution in [3.63, 3.8) is 0 Å². The fourth-order valence-electron chi connectivity index (χ4n) is 3.41. The highest BCUT2D eigenvalue weighted by Gasteiger charge is 2.33. The molecule has 0 radical (unpaired) electrons. The van der Waals surface area contributed by atoms with Crippen LogP contribution in [0.4, 0.5) is 17.2 Å². The molecule has 3 rings (SSSR count). The summed E-state index contributed by atoms with van der Waals surface area (Å²) in [5, 5.41) is 14.8. The number of hydrogen-bond donors (Lipinski definition) is 1. The predicted molar refractivity (Wildman–Crippen MR) is 104 cm³/mol. The van der Waals surface area contributed by atoms with Crippen molar-refractivity contribution in [3.05, 3.63) is 57.8 Å². The van der Waals surface area contributed by atoms with E-state index in [2.05, 4.69) is 60.4 Å². The lowest BCUT2D eigenvalue weighted by Gasteiger charge is -2.45. The predicted octanol–water partition coefficient (Wildman–Crippen LogP) is 4.16. The molecule has 0 aliphatic carbocycles. The van der Waals surface area contributed by atoms with Crippen molar-refractivity contribution in [2.24, 2.45) is 5.10 Å². The van der Waals surface area contributed by atoms with Crippen molar-refractivity contribution < 1.29 is 4.92 Å². The molecule has 0 amide bonds. The van der Waals surface area contributed by atoms with Gasteiger partial charge in [-0.05, 0) is 55.5 Å². The van der Waals surface area contributed by atoms with Crippen LogP contribution in [0.3, 0.4) is 0 Å². The van der Waals surface area contributed by atoms with E-state index in [1.165, 1.54) is 29.6 Å². The van der Waals surface area contributed by atoms with E-state index in [0.717, 1.165) is 12.0 Å². The molecule has 7 nitrogen and oxygen atoms in total. The summed E-state index contributed by atoms with van der Waals surface area (Å²) in [4.78, 5) is 16.5. The third kappa shape index (κ3) is 3.51. The van der Waals surface area contributed by atoms with Gasteiger partial charge in [-0.1, -0.05) is 13.0 Å². The quantitative estimate of drug-likeness (QED) is 0.507. The van der Waals surface area contributed by atoms with Crippen LogP contribution in [0.2, 0.25) is 0 Å². The minimum absolute atomic E-state index is 0.0461. The van der Waals surface area contributed by atoms with Crippen molar-refractivity contribution >= 4 is 23.4 Å². The molecule has 0 spiro atoms. The van der Waals surface area contributed by atoms with E-state index in [9.17, 15) is 10.1 Å². The average molecular weight is 353 g/mol. The molecular weight excluding hydrogens is 330 g/mol. The van der Waals surface area contributed by atoms with Crippen LogP contribution in [-0.2, 0) is 0 Å². The molecule has 2 heterocycles. The molecule has 0 unspecified atom stereocenters. The lowest BCUT2D eigenvalue weighted by Crippen LogP contribution is -2.45. The zero-order valence-electron chi connectivity index (χ0n) is 15.4. The van der Waals surface area contributed by atoms with Crippen LogP contribution in [0.5, 0.6) is 0 Å². The van der Waals surface area contributed by atoms with E-state index < -0.39 is 4.92 Å². The molecule has 1 aliphatic heterocycles. The van der Waals surface area contributed by atoms with Gasteiger partial charge in [0.25, 0.3) is 5.69 Å². The van der Waals surface area contributed by atoms with Gasteiger partial charge in [-0.25, -0.2) is 4.98 Å². The summed E-state index contributed by atoms with van der Waals surface area (Å²) in [6, 6.07) is 9.26. The number of nitrogens with zero attached hydrogens (tertiary/aromatic N) is 4. The van der Waals surface area contributed by atoms with E-state index in [1.54, 1.807) is 6.21 Å². The summed E-state index contributed by atoms with van der Waals surface area (Å²) in [5.41, 5.74) is 6.48. The Morgan fingerprint density at radius 1 is 1.38 bits per heavy atom. The van der Waals surface area contributed by atoms with Crippen LogP contribution in [0.15, 0.2) is 41.6 Å². The molecule has 2 aromatic rings. The molecule has 1 aromatic heterocycles. The van der Waals surface area contributed by atoms with Crippen molar-refractivity contribution in [1.29, 1.82) is 0 Å². The van der Waals surface area contributed by atoms with Gasteiger partial charge in [0.1, 0.15) is 12.0 Å². The van der Waals surface area contributed by atoms with Gasteiger partial charge in [0.15, 0.2) is 0 Å². The summed E-state index contributed by atoms with van der Waals surface area (Å²) < 4.78 is 0. The largest absolute Gasteiger partial charge is 0.369 e. The van der Waals surface area contributed by atoms with Gasteiger partial charge in [-0.2, -0.15) is 5.10 Å². The number of benzene rings is 1. The molecule has 0 fully saturated rings. The number of nitrogens with one attached hydrogen (secondary N) is 1. The van der Waals surface area contributed by atoms with Crippen LogP contribution in [0.1, 0.15) is 44.2 Å². The number of fused-ring (bicyclic) bond motifs is 1. The van der Waals surface area contributed by atoms with E-state index in [4.69, 9.17) is 0 Å². The van der Waals surface area contributed by atoms with Crippen LogP contribution >= 0.6 is 0 Å². The Kier molecular flexibility index (Phi) is 4.63. The third-order valence-corrected chi connectivity index (χ3v) is 5.01. The Morgan fingerprint density at radius 2 is 2.15 bits per heavy atom. The number of nitro groups is 1. The van der Waals surface area contributed by atoms with Crippen LogP contribution < -0.4 is 10.3 Å². The average Bonchev–Trinajstić information content (AvgIpc) is 2.60. The van der Waals surface area contributed by atoms with Gasteiger partial charge >= 0.3 is 0 Å². The molecule has 0 saturated heterocycles. The van der Waals surface area contributed by atoms with Gasteiger partial charge in [-0.3, -0.25) is 15.5 Å². The van der Waals surface area contributed by atoms with Crippen molar-refractivity contribution in [2.45, 2.75) is 38.6 Å². The number of aromatic nitrogens is 1. The van der Waals surface area contributed by atoms with Gasteiger partial charge in [0.2, 0.25) is 0 Å². The molecule has 136 valence electrons. The second kappa shape index (κ2) is 6.74. The van der Waals surface area contributed by atoms with Crippen molar-refractivity contribution in [2.75, 3.05) is 17.4 Å². The Labute approximate surface area is 152 Å². The highest BCUT2D eigenvalue weighted by Crippen LogP contribution is 2.42. The number of rotatable bonds is 4. The fourth-order valence-corrected chi connectivity index (χ4v) is 3.41. The van der Waals surface area contributed by atoms with Gasteiger partial charge in [-0.15, -0.1) is 0 Å². The fraction of sp³-hybridized carbons (Fsp3) is 0.368. The number of hydrazone groups is 1. The summed E-state index contributed by atoms with van der Waals surface area (Å²) >= 11 is 0. The molecule has 1 aliphatic rings. The maximum absolute atomic E-state index is 10.6. The minimum Gasteiger partial charge on any atom is -0.369 e. The molecule has 26 heavy (non-hydrogen) atoms. The molecule has 1 aromatic carbocycles. The zero-order chi connectivity index (χ0) is 18.9. The lowest BCUT2D eigenvalue weighted by molar-refractivity contribution is -0.385. The van der Waals surface area contributed by atoms with E-state index in [-0.39, 0.29) is 11.2 Å². The van der Waals surface area contributed by atoms with Gasteiger partial charge in [0, 0.05) is 24.3 Å². The van der Waals surface area contributed by atoms with Gasteiger partial charge in [0.05, 0.1) is 11.1 Å². The monoisotopic (exact) mass is 353 g/mol. The first-order valence-corrected chi connectivity index (χ1v) is 8.55. The third-order valence-electron chi connectivity index (χ3n) is 5.01. The number of hydrogen-bond acceptors (Lipinski definition) is 6. The molecule has 7 heteroatoms. The first-order chi connectivity index (χ1) is 12.3. The Balaban J connectivity index is 1.74. The maximum atomic E-state index is 10.6. The first kappa shape index (κ1) is 17.8. The smallest absolute Gasteiger partial charge is 0.287 e. The van der Waals surface area contributed by atoms with Crippen LogP contribution in [0, 0.1) is 10.1 Å². The maximum Gasteiger partial charge on any atom is 0.287 e. The van der Waals surface area contributed by atoms with Crippen LogP contribution in [0.25, 0.3) is 0 Å². The molecular formula is C19H23N5O2. The summed E-state index contributed by atoms with van der Waals surface area (Å²) in [7, 11) is 2.14. The summed E-state index contributed by atoms with van der Waals surface area (Å²) in [6.07, 6.45) is 4.04. The second-order valence-electron chi connectivity index (χ2n) is 7.32. The van der Waals surface area contributed by atoms with E-state index in [0.29, 0.717) is 11.7 Å². The summed E-state index contributed by atoms with van der Waals surface area (Å²) in [6.45, 7) is 6.79. The minimum atomic E-state index is -0.480. The standard InChI is InChI=1S/C19H23N5O2/c1-13-10-19(2,3)23(4)17-7-5-14(9-16(13)17)11-21-22-18-8-6-15(12-20-18)24(25)26/h5-9,11-13H,10H2,1-4H3,(H,20,22)/b21-11-/t13-/m1/s1. The summed E-state index contributed by atoms with van der Waals surface area (Å²) in [5.74, 6) is 0.938. The van der Waals surface area contributed by atoms with Crippen molar-refractivity contribution in [1.82, 2.24) is 4.98 Å². The SMILES string of the molecule is C[C@@H]1CC(C)(C)N(C)c2ccc(/C=N\Nc3ccc([N+](=O)[O-])cn3)cc21. The number of pyridine rings is 1. The normalized spacial score (nSPS) is 18.6. The highest BCUT2D eigenvalue weighted by molar-refractivity contribution is 5.82. The molecule has 0 saturated carbocycles. The number of anilines is 2. The Morgan fingerprint density at radius 3 is 2.81 bits per heavy atom. The Bertz CT molecular complexity index is 846. The van der Waals surface area contributed by atoms with E-state index >= 15 is 0 Å². The highest BCUT2D eigenvalue weighted by atomic mass is 16.6. The molecule has 1 atom stereocenters. The molecule has 1 N–H and O–H groups in total. The Hall–Kier alpha value is -2.96. The molecule has 0 bridgehead atoms. The first-order valence-electron chi connectivity index (χ1n) is 8.55. The van der Waals surface area contributed by atoms with Gasteiger partial charge < -0.3 is 4.90 Å².